The van der Waals surface area contributed by atoms with E-state index in [1.807, 2.05) is 60.7 Å². The number of aromatic carboxylic acids is 1. The number of carboxylic acid groups (broad SMARTS) is 1. The average molecular weight is 795 g/mol. The summed E-state index contributed by atoms with van der Waals surface area (Å²) in [6, 6.07) is 30.2. The smallest absolute Gasteiger partial charge is 0.337 e. The van der Waals surface area contributed by atoms with Gasteiger partial charge in [-0.25, -0.2) is 29.5 Å². The number of carbonyl (C=O) groups excluding carboxylic acids is 3. The Balaban J connectivity index is 0.000000179. The van der Waals surface area contributed by atoms with Gasteiger partial charge in [-0.3, -0.25) is 9.59 Å². The van der Waals surface area contributed by atoms with Gasteiger partial charge in [-0.05, 0) is 62.1 Å². The molecule has 2 amide bonds. The average Bonchev–Trinajstić information content (AvgIpc) is 3.25. The van der Waals surface area contributed by atoms with Gasteiger partial charge in [0.15, 0.2) is 11.6 Å². The fourth-order valence-corrected chi connectivity index (χ4v) is 7.53. The van der Waals surface area contributed by atoms with Gasteiger partial charge in [-0.1, -0.05) is 60.7 Å². The Morgan fingerprint density at radius 3 is 1.37 bits per heavy atom. The van der Waals surface area contributed by atoms with E-state index >= 15 is 0 Å². The summed E-state index contributed by atoms with van der Waals surface area (Å²) in [6.45, 7) is 6.10. The minimum absolute atomic E-state index is 0.000684. The highest BCUT2D eigenvalue weighted by Crippen LogP contribution is 2.33. The van der Waals surface area contributed by atoms with Gasteiger partial charge in [0.1, 0.15) is 11.4 Å². The molecule has 14 nitrogen and oxygen atoms in total. The fourth-order valence-electron chi connectivity index (χ4n) is 7.53. The van der Waals surface area contributed by atoms with Gasteiger partial charge in [0, 0.05) is 63.2 Å². The summed E-state index contributed by atoms with van der Waals surface area (Å²) in [6.07, 6.45) is 3.33. The van der Waals surface area contributed by atoms with Crippen LogP contribution in [-0.4, -0.2) is 94.2 Å². The van der Waals surface area contributed by atoms with Crippen molar-refractivity contribution in [3.8, 4) is 22.5 Å². The number of hydrogen-bond acceptors (Lipinski definition) is 11. The highest BCUT2D eigenvalue weighted by Gasteiger charge is 2.26. The normalized spacial score (nSPS) is 14.6. The first kappa shape index (κ1) is 40.2. The van der Waals surface area contributed by atoms with E-state index in [0.717, 1.165) is 91.5 Å². The van der Waals surface area contributed by atoms with Gasteiger partial charge in [-0.2, -0.15) is 0 Å². The number of aromatic nitrogens is 4. The molecule has 0 unspecified atom stereocenters. The van der Waals surface area contributed by atoms with E-state index in [1.165, 1.54) is 14.0 Å². The lowest BCUT2D eigenvalue weighted by Gasteiger charge is -2.34. The number of carbonyl (C=O) groups is 4. The second-order valence-electron chi connectivity index (χ2n) is 14.7. The van der Waals surface area contributed by atoms with Gasteiger partial charge in [-0.15, -0.1) is 0 Å². The summed E-state index contributed by atoms with van der Waals surface area (Å²) in [4.78, 5) is 69.8. The molecule has 302 valence electrons. The third kappa shape index (κ3) is 9.61. The molecule has 0 spiro atoms. The van der Waals surface area contributed by atoms with Crippen molar-refractivity contribution >= 4 is 57.5 Å². The molecule has 2 aliphatic heterocycles. The Labute approximate surface area is 341 Å². The first-order valence-electron chi connectivity index (χ1n) is 19.7. The molecule has 0 atom stereocenters. The standard InChI is InChI=1S/C23H24N4O3.C22H22N4O3/c1-15(28)24-18-10-12-27(13-11-18)22-21(16-6-4-3-5-7-16)25-19-9-8-17(23(29)30-2)14-20(19)26-22;1-14(27)23-17-9-11-26(12-10-17)21-20(15-5-3-2-4-6-15)24-18-8-7-16(22(28)29)13-19(18)25-21/h3-9,14,18H,10-13H2,1-2H3,(H,24,28);2-8,13,17H,9-12H2,1H3,(H,23,27)(H,28,29). The number of piperidine rings is 2. The van der Waals surface area contributed by atoms with Crippen LogP contribution in [0.1, 0.15) is 60.2 Å². The van der Waals surface area contributed by atoms with Crippen LogP contribution in [0.4, 0.5) is 11.6 Å². The van der Waals surface area contributed by atoms with Crippen LogP contribution in [0.2, 0.25) is 0 Å². The van der Waals surface area contributed by atoms with Gasteiger partial charge in [0.25, 0.3) is 0 Å². The third-order valence-electron chi connectivity index (χ3n) is 10.5. The summed E-state index contributed by atoms with van der Waals surface area (Å²) in [7, 11) is 1.36. The molecule has 59 heavy (non-hydrogen) atoms. The molecule has 6 aromatic rings. The topological polar surface area (TPSA) is 180 Å². The molecule has 0 radical (unpaired) electrons. The zero-order chi connectivity index (χ0) is 41.5. The Kier molecular flexibility index (Phi) is 12.3. The van der Waals surface area contributed by atoms with Crippen LogP contribution in [0, 0.1) is 0 Å². The number of amides is 2. The number of nitrogens with zero attached hydrogens (tertiary/aromatic N) is 6. The summed E-state index contributed by atoms with van der Waals surface area (Å²) in [5.74, 6) is 0.130. The monoisotopic (exact) mass is 794 g/mol. The van der Waals surface area contributed by atoms with Crippen LogP contribution in [0.15, 0.2) is 97.1 Å². The van der Waals surface area contributed by atoms with Gasteiger partial charge < -0.3 is 30.3 Å². The molecule has 0 bridgehead atoms. The molecular weight excluding hydrogens is 749 g/mol. The molecule has 2 fully saturated rings. The largest absolute Gasteiger partial charge is 0.478 e. The summed E-state index contributed by atoms with van der Waals surface area (Å²) in [5.41, 5.74) is 6.76. The highest BCUT2D eigenvalue weighted by atomic mass is 16.5. The SMILES string of the molecule is CC(=O)NC1CCN(c2nc3cc(C(=O)O)ccc3nc2-c2ccccc2)CC1.COC(=O)c1ccc2nc(-c3ccccc3)c(N3CCC(NC(C)=O)CC3)nc2c1. The molecule has 4 aromatic carbocycles. The second-order valence-corrected chi connectivity index (χ2v) is 14.7. The predicted octanol–water partition coefficient (Wildman–Crippen LogP) is 6.29. The Morgan fingerprint density at radius 1 is 0.576 bits per heavy atom. The fraction of sp³-hybridized carbons (Fsp3) is 0.289. The van der Waals surface area contributed by atoms with E-state index in [2.05, 4.69) is 20.4 Å². The van der Waals surface area contributed by atoms with E-state index in [9.17, 15) is 24.3 Å². The maximum atomic E-state index is 11.9. The zero-order valence-corrected chi connectivity index (χ0v) is 33.2. The van der Waals surface area contributed by atoms with Crippen molar-refractivity contribution in [1.82, 2.24) is 30.6 Å². The van der Waals surface area contributed by atoms with Crippen LogP contribution >= 0.6 is 0 Å². The van der Waals surface area contributed by atoms with Crippen molar-refractivity contribution in [3.63, 3.8) is 0 Å². The van der Waals surface area contributed by atoms with Crippen molar-refractivity contribution in [1.29, 1.82) is 0 Å². The highest BCUT2D eigenvalue weighted by molar-refractivity contribution is 5.95. The maximum Gasteiger partial charge on any atom is 0.337 e. The van der Waals surface area contributed by atoms with E-state index < -0.39 is 11.9 Å². The number of carboxylic acids is 1. The Morgan fingerprint density at radius 2 is 0.983 bits per heavy atom. The molecule has 14 heteroatoms. The number of anilines is 2. The molecule has 2 aliphatic rings. The van der Waals surface area contributed by atoms with Gasteiger partial charge >= 0.3 is 11.9 Å². The number of esters is 1. The van der Waals surface area contributed by atoms with E-state index in [-0.39, 0.29) is 29.5 Å². The van der Waals surface area contributed by atoms with Crippen molar-refractivity contribution in [2.45, 2.75) is 51.6 Å². The molecule has 8 rings (SSSR count). The molecule has 3 N–H and O–H groups in total. The van der Waals surface area contributed by atoms with Crippen LogP contribution in [0.5, 0.6) is 0 Å². The summed E-state index contributed by atoms with van der Waals surface area (Å²) >= 11 is 0. The number of benzene rings is 4. The molecular formula is C45H46N8O6. The second kappa shape index (κ2) is 18.1. The minimum atomic E-state index is -0.987. The molecule has 4 heterocycles. The van der Waals surface area contributed by atoms with Gasteiger partial charge in [0.2, 0.25) is 11.8 Å². The number of nitrogens with one attached hydrogen (secondary N) is 2. The van der Waals surface area contributed by atoms with Gasteiger partial charge in [0.05, 0.1) is 40.3 Å². The van der Waals surface area contributed by atoms with Crippen molar-refractivity contribution in [3.05, 3.63) is 108 Å². The number of fused-ring (bicyclic) bond motifs is 2. The number of hydrogen-bond donors (Lipinski definition) is 3. The maximum absolute atomic E-state index is 11.9. The summed E-state index contributed by atoms with van der Waals surface area (Å²) in [5, 5.41) is 15.3. The quantitative estimate of drug-likeness (QED) is 0.147. The van der Waals surface area contributed by atoms with Crippen LogP contribution in [0.3, 0.4) is 0 Å². The number of rotatable bonds is 8. The van der Waals surface area contributed by atoms with Crippen LogP contribution in [0.25, 0.3) is 44.6 Å². The van der Waals surface area contributed by atoms with E-state index in [0.29, 0.717) is 22.1 Å². The third-order valence-corrected chi connectivity index (χ3v) is 10.5. The molecule has 2 aromatic heterocycles. The van der Waals surface area contributed by atoms with Crippen molar-refractivity contribution < 1.29 is 29.0 Å². The van der Waals surface area contributed by atoms with E-state index in [4.69, 9.17) is 24.7 Å². The molecule has 0 saturated carbocycles. The number of ether oxygens (including phenoxy) is 1. The lowest BCUT2D eigenvalue weighted by Crippen LogP contribution is -2.44. The van der Waals surface area contributed by atoms with Crippen LogP contribution < -0.4 is 20.4 Å². The first-order valence-corrected chi connectivity index (χ1v) is 19.7. The lowest BCUT2D eigenvalue weighted by molar-refractivity contribution is -0.120. The van der Waals surface area contributed by atoms with Crippen LogP contribution in [-0.2, 0) is 14.3 Å². The molecule has 0 aliphatic carbocycles. The lowest BCUT2D eigenvalue weighted by atomic mass is 10.0. The molecule has 2 saturated heterocycles. The Bertz CT molecular complexity index is 2480. The van der Waals surface area contributed by atoms with Crippen molar-refractivity contribution in [2.24, 2.45) is 0 Å². The first-order chi connectivity index (χ1) is 28.6. The zero-order valence-electron chi connectivity index (χ0n) is 33.2. The van der Waals surface area contributed by atoms with E-state index in [1.54, 1.807) is 43.3 Å². The predicted molar refractivity (Wildman–Crippen MR) is 226 cm³/mol. The number of methoxy groups -OCH3 is 1. The Hall–Kier alpha value is -6.96. The van der Waals surface area contributed by atoms with Crippen molar-refractivity contribution in [2.75, 3.05) is 43.1 Å². The summed E-state index contributed by atoms with van der Waals surface area (Å²) < 4.78 is 4.84. The minimum Gasteiger partial charge on any atom is -0.478 e.